The zero-order valence-electron chi connectivity index (χ0n) is 17.0. The van der Waals surface area contributed by atoms with Crippen LogP contribution in [0, 0.1) is 10.5 Å². The van der Waals surface area contributed by atoms with Crippen LogP contribution >= 0.6 is 22.6 Å². The number of pyridine rings is 1. The van der Waals surface area contributed by atoms with Gasteiger partial charge < -0.3 is 19.7 Å². The van der Waals surface area contributed by atoms with Crippen LogP contribution in [0.1, 0.15) is 18.4 Å². The van der Waals surface area contributed by atoms with Gasteiger partial charge in [-0.3, -0.25) is 4.98 Å². The summed E-state index contributed by atoms with van der Waals surface area (Å²) < 4.78 is 12.2. The number of fused-ring (bicyclic) bond motifs is 1. The highest BCUT2D eigenvalue weighted by Gasteiger charge is 2.25. The molecule has 0 saturated carbocycles. The van der Waals surface area contributed by atoms with Crippen molar-refractivity contribution in [3.8, 4) is 5.75 Å². The summed E-state index contributed by atoms with van der Waals surface area (Å²) in [6.45, 7) is 3.34. The van der Waals surface area contributed by atoms with Crippen LogP contribution in [0.4, 0.5) is 16.2 Å². The van der Waals surface area contributed by atoms with Crippen molar-refractivity contribution in [3.05, 3.63) is 57.8 Å². The van der Waals surface area contributed by atoms with Gasteiger partial charge in [-0.15, -0.1) is 0 Å². The molecule has 7 heteroatoms. The van der Waals surface area contributed by atoms with E-state index in [1.165, 1.54) is 7.11 Å². The highest BCUT2D eigenvalue weighted by molar-refractivity contribution is 14.1. The summed E-state index contributed by atoms with van der Waals surface area (Å²) in [5.41, 5.74) is 4.07. The van der Waals surface area contributed by atoms with Crippen LogP contribution in [-0.2, 0) is 4.74 Å². The number of aromatic nitrogens is 1. The molecule has 3 aromatic rings. The van der Waals surface area contributed by atoms with Gasteiger partial charge in [-0.25, -0.2) is 4.79 Å². The van der Waals surface area contributed by atoms with E-state index in [2.05, 4.69) is 51.9 Å². The fraction of sp³-hybridized carbons (Fsp3) is 0.304. The Morgan fingerprint density at radius 1 is 1.20 bits per heavy atom. The number of carbonyl (C=O) groups excluding carboxylic acids is 1. The number of rotatable bonds is 4. The molecule has 2 heterocycles. The second kappa shape index (κ2) is 9.07. The van der Waals surface area contributed by atoms with Crippen molar-refractivity contribution in [3.63, 3.8) is 0 Å². The van der Waals surface area contributed by atoms with E-state index in [0.717, 1.165) is 50.0 Å². The highest BCUT2D eigenvalue weighted by atomic mass is 127. The minimum Gasteiger partial charge on any atom is -0.489 e. The molecule has 1 amide bonds. The number of halogens is 1. The van der Waals surface area contributed by atoms with Gasteiger partial charge in [0.05, 0.1) is 21.9 Å². The number of aryl methyl sites for hydroxylation is 1. The quantitative estimate of drug-likeness (QED) is 0.463. The molecule has 0 spiro atoms. The van der Waals surface area contributed by atoms with E-state index in [-0.39, 0.29) is 12.2 Å². The molecule has 6 nitrogen and oxygen atoms in total. The van der Waals surface area contributed by atoms with Crippen LogP contribution in [0.25, 0.3) is 10.9 Å². The lowest BCUT2D eigenvalue weighted by molar-refractivity contribution is 0.0788. The second-order valence-corrected chi connectivity index (χ2v) is 8.54. The summed E-state index contributed by atoms with van der Waals surface area (Å²) in [6, 6.07) is 14.3. The number of nitrogens with one attached hydrogen (secondary N) is 1. The summed E-state index contributed by atoms with van der Waals surface area (Å²) >= 11 is 2.30. The van der Waals surface area contributed by atoms with E-state index in [4.69, 9.17) is 9.47 Å². The van der Waals surface area contributed by atoms with E-state index >= 15 is 0 Å². The Labute approximate surface area is 189 Å². The lowest BCUT2D eigenvalue weighted by atomic mass is 10.1. The van der Waals surface area contributed by atoms with Crippen LogP contribution in [0.5, 0.6) is 5.75 Å². The monoisotopic (exact) mass is 517 g/mol. The first-order chi connectivity index (χ1) is 14.5. The Morgan fingerprint density at radius 2 is 1.93 bits per heavy atom. The molecule has 0 unspecified atom stereocenters. The largest absolute Gasteiger partial charge is 0.489 e. The van der Waals surface area contributed by atoms with Crippen molar-refractivity contribution in [1.82, 2.24) is 9.88 Å². The number of hydrogen-bond acceptors (Lipinski definition) is 5. The first kappa shape index (κ1) is 20.7. The SMILES string of the molecule is COC(=O)N1CCC(Oc2cc3c(Nc4ccccc4)c(C)cnc3cc2I)CC1. The number of hydrogen-bond donors (Lipinski definition) is 1. The predicted molar refractivity (Wildman–Crippen MR) is 127 cm³/mol. The fourth-order valence-electron chi connectivity index (χ4n) is 3.68. The number of amides is 1. The molecule has 156 valence electrons. The number of ether oxygens (including phenoxy) is 2. The molecule has 0 bridgehead atoms. The van der Waals surface area contributed by atoms with Gasteiger partial charge in [0.1, 0.15) is 11.9 Å². The molecule has 30 heavy (non-hydrogen) atoms. The van der Waals surface area contributed by atoms with E-state index in [1.807, 2.05) is 36.5 Å². The average Bonchev–Trinajstić information content (AvgIpc) is 2.77. The Bertz CT molecular complexity index is 1050. The van der Waals surface area contributed by atoms with Crippen LogP contribution in [0.2, 0.25) is 0 Å². The Balaban J connectivity index is 1.59. The Morgan fingerprint density at radius 3 is 2.63 bits per heavy atom. The first-order valence-corrected chi connectivity index (χ1v) is 11.0. The van der Waals surface area contributed by atoms with Gasteiger partial charge in [0.25, 0.3) is 0 Å². The van der Waals surface area contributed by atoms with Gasteiger partial charge in [0, 0.05) is 43.2 Å². The third kappa shape index (κ3) is 4.45. The maximum atomic E-state index is 11.7. The van der Waals surface area contributed by atoms with Gasteiger partial charge in [-0.05, 0) is 59.3 Å². The number of piperidine rings is 1. The van der Waals surface area contributed by atoms with Crippen molar-refractivity contribution < 1.29 is 14.3 Å². The smallest absolute Gasteiger partial charge is 0.409 e. The zero-order valence-corrected chi connectivity index (χ0v) is 19.2. The molecule has 0 aliphatic carbocycles. The number of nitrogens with zero attached hydrogens (tertiary/aromatic N) is 2. The molecule has 1 aliphatic rings. The molecule has 1 N–H and O–H groups in total. The molecule has 1 fully saturated rings. The minimum absolute atomic E-state index is 0.0696. The summed E-state index contributed by atoms with van der Waals surface area (Å²) in [7, 11) is 1.42. The molecule has 1 aromatic heterocycles. The van der Waals surface area contributed by atoms with Crippen molar-refractivity contribution >= 4 is 51.0 Å². The molecule has 1 aliphatic heterocycles. The number of para-hydroxylation sites is 1. The number of carbonyl (C=O) groups is 1. The number of methoxy groups -OCH3 is 1. The third-order valence-electron chi connectivity index (χ3n) is 5.32. The average molecular weight is 517 g/mol. The topological polar surface area (TPSA) is 63.7 Å². The third-order valence-corrected chi connectivity index (χ3v) is 6.17. The number of anilines is 2. The van der Waals surface area contributed by atoms with Crippen LogP contribution in [0.3, 0.4) is 0 Å². The lowest BCUT2D eigenvalue weighted by Crippen LogP contribution is -2.41. The summed E-state index contributed by atoms with van der Waals surface area (Å²) in [6.07, 6.45) is 3.26. The molecule has 0 radical (unpaired) electrons. The number of benzene rings is 2. The van der Waals surface area contributed by atoms with E-state index in [0.29, 0.717) is 13.1 Å². The molecular formula is C23H24IN3O3. The molecule has 4 rings (SSSR count). The first-order valence-electron chi connectivity index (χ1n) is 9.95. The predicted octanol–water partition coefficient (Wildman–Crippen LogP) is 5.50. The maximum Gasteiger partial charge on any atom is 0.409 e. The molecule has 0 atom stereocenters. The van der Waals surface area contributed by atoms with Crippen LogP contribution in [0.15, 0.2) is 48.7 Å². The molecular weight excluding hydrogens is 493 g/mol. The second-order valence-electron chi connectivity index (χ2n) is 7.38. The van der Waals surface area contributed by atoms with Gasteiger partial charge in [-0.1, -0.05) is 18.2 Å². The standard InChI is InChI=1S/C23H24IN3O3/c1-15-14-25-20-13-19(24)21(30-17-8-10-27(11-9-17)23(28)29-2)12-18(20)22(15)26-16-6-4-3-5-7-16/h3-7,12-14,17H,8-11H2,1-2H3,(H,25,26). The van der Waals surface area contributed by atoms with Crippen molar-refractivity contribution in [2.45, 2.75) is 25.9 Å². The highest BCUT2D eigenvalue weighted by Crippen LogP contribution is 2.35. The van der Waals surface area contributed by atoms with E-state index in [9.17, 15) is 4.79 Å². The van der Waals surface area contributed by atoms with Crippen molar-refractivity contribution in [1.29, 1.82) is 0 Å². The van der Waals surface area contributed by atoms with Gasteiger partial charge in [-0.2, -0.15) is 0 Å². The molecule has 2 aromatic carbocycles. The lowest BCUT2D eigenvalue weighted by Gasteiger charge is -2.31. The normalized spacial score (nSPS) is 14.6. The summed E-state index contributed by atoms with van der Waals surface area (Å²) in [5.74, 6) is 0.850. The van der Waals surface area contributed by atoms with Crippen molar-refractivity contribution in [2.75, 3.05) is 25.5 Å². The van der Waals surface area contributed by atoms with Crippen LogP contribution < -0.4 is 10.1 Å². The zero-order chi connectivity index (χ0) is 21.1. The minimum atomic E-state index is -0.271. The summed E-state index contributed by atoms with van der Waals surface area (Å²) in [4.78, 5) is 18.0. The molecule has 1 saturated heterocycles. The van der Waals surface area contributed by atoms with Gasteiger partial charge in [0.2, 0.25) is 0 Å². The maximum absolute atomic E-state index is 11.7. The Hall–Kier alpha value is -2.55. The van der Waals surface area contributed by atoms with Crippen molar-refractivity contribution in [2.24, 2.45) is 0 Å². The van der Waals surface area contributed by atoms with E-state index < -0.39 is 0 Å². The Kier molecular flexibility index (Phi) is 6.26. The van der Waals surface area contributed by atoms with Crippen LogP contribution in [-0.4, -0.2) is 42.3 Å². The van der Waals surface area contributed by atoms with Gasteiger partial charge in [0.15, 0.2) is 0 Å². The number of likely N-dealkylation sites (tertiary alicyclic amines) is 1. The van der Waals surface area contributed by atoms with Gasteiger partial charge >= 0.3 is 6.09 Å². The fourth-order valence-corrected chi connectivity index (χ4v) is 4.26. The van der Waals surface area contributed by atoms with E-state index in [1.54, 1.807) is 4.90 Å². The summed E-state index contributed by atoms with van der Waals surface area (Å²) in [5, 5.41) is 4.56.